The van der Waals surface area contributed by atoms with E-state index in [9.17, 15) is 9.59 Å². The number of hydrogen-bond acceptors (Lipinski definition) is 4. The van der Waals surface area contributed by atoms with Gasteiger partial charge in [-0.2, -0.15) is 0 Å². The molecule has 140 valence electrons. The van der Waals surface area contributed by atoms with Gasteiger partial charge >= 0.3 is 5.97 Å². The lowest BCUT2D eigenvalue weighted by molar-refractivity contribution is -0.169. The molecule has 5 nitrogen and oxygen atoms in total. The predicted molar refractivity (Wildman–Crippen MR) is 99.0 cm³/mol. The second-order valence-corrected chi connectivity index (χ2v) is 8.85. The zero-order valence-electron chi connectivity index (χ0n) is 14.6. The molecule has 4 saturated carbocycles. The molecule has 1 aromatic rings. The van der Waals surface area contributed by atoms with E-state index in [1.54, 1.807) is 6.92 Å². The van der Waals surface area contributed by atoms with Gasteiger partial charge in [0.2, 0.25) is 0 Å². The van der Waals surface area contributed by atoms with Gasteiger partial charge in [0, 0.05) is 6.20 Å². The molecule has 4 fully saturated rings. The highest BCUT2D eigenvalue weighted by Gasteiger charge is 2.51. The van der Waals surface area contributed by atoms with Crippen molar-refractivity contribution in [2.24, 2.45) is 29.6 Å². The van der Waals surface area contributed by atoms with Crippen LogP contribution in [0.5, 0.6) is 0 Å². The quantitative estimate of drug-likeness (QED) is 0.768. The Morgan fingerprint density at radius 3 is 2.35 bits per heavy atom. The Morgan fingerprint density at radius 1 is 1.15 bits per heavy atom. The fraction of sp³-hybridized carbons (Fsp3) is 0.632. The number of anilines is 1. The molecule has 1 N–H and O–H groups in total. The normalized spacial score (nSPS) is 33.0. The average molecular weight is 397 g/mol. The lowest BCUT2D eigenvalue weighted by Gasteiger charge is -2.53. The van der Waals surface area contributed by atoms with Crippen molar-refractivity contribution in [1.82, 2.24) is 4.98 Å². The van der Waals surface area contributed by atoms with Gasteiger partial charge < -0.3 is 10.1 Å². The van der Waals surface area contributed by atoms with Crippen LogP contribution in [0.4, 0.5) is 5.82 Å². The Morgan fingerprint density at radius 2 is 1.77 bits per heavy atom. The Kier molecular flexibility index (Phi) is 4.86. The SMILES string of the molecule is C[C@H](OC(=O)C1C2CC3CC(C2)CC1C3)C(=O)Nc1ncc(Cl)cc1Cl. The first kappa shape index (κ1) is 18.1. The number of pyridine rings is 1. The van der Waals surface area contributed by atoms with Gasteiger partial charge in [0.1, 0.15) is 0 Å². The number of esters is 1. The van der Waals surface area contributed by atoms with E-state index in [2.05, 4.69) is 10.3 Å². The molecule has 7 heteroatoms. The van der Waals surface area contributed by atoms with Gasteiger partial charge in [-0.3, -0.25) is 9.59 Å². The number of aromatic nitrogens is 1. The molecule has 0 aliphatic heterocycles. The standard InChI is InChI=1S/C19H22Cl2N2O3/c1-9(18(24)23-17-15(21)7-14(20)8-22-17)26-19(25)16-12-3-10-2-11(5-12)6-13(16)4-10/h7-13,16H,2-6H2,1H3,(H,22,23,24)/t9-,10?,11?,12?,13?,16?/m0/s1. The van der Waals surface area contributed by atoms with Crippen LogP contribution in [0, 0.1) is 29.6 Å². The van der Waals surface area contributed by atoms with Crippen molar-refractivity contribution >= 4 is 40.9 Å². The molecule has 0 spiro atoms. The third-order valence-corrected chi connectivity index (χ3v) is 6.71. The highest BCUT2D eigenvalue weighted by atomic mass is 35.5. The molecule has 0 aromatic carbocycles. The topological polar surface area (TPSA) is 68.3 Å². The predicted octanol–water partition coefficient (Wildman–Crippen LogP) is 4.33. The summed E-state index contributed by atoms with van der Waals surface area (Å²) in [6, 6.07) is 1.50. The Hall–Kier alpha value is -1.33. The van der Waals surface area contributed by atoms with Crippen LogP contribution in [0.1, 0.15) is 39.0 Å². The van der Waals surface area contributed by atoms with Crippen LogP contribution in [0.25, 0.3) is 0 Å². The minimum atomic E-state index is -0.895. The number of carbonyl (C=O) groups excluding carboxylic acids is 2. The summed E-state index contributed by atoms with van der Waals surface area (Å²) < 4.78 is 5.53. The fourth-order valence-electron chi connectivity index (χ4n) is 5.34. The molecule has 1 atom stereocenters. The summed E-state index contributed by atoms with van der Waals surface area (Å²) in [7, 11) is 0. The molecule has 0 radical (unpaired) electrons. The van der Waals surface area contributed by atoms with E-state index in [-0.39, 0.29) is 22.7 Å². The molecule has 4 bridgehead atoms. The second kappa shape index (κ2) is 7.01. The van der Waals surface area contributed by atoms with Crippen LogP contribution in [-0.2, 0) is 14.3 Å². The summed E-state index contributed by atoms with van der Waals surface area (Å²) in [5.74, 6) is 1.94. The van der Waals surface area contributed by atoms with E-state index >= 15 is 0 Å². The van der Waals surface area contributed by atoms with Crippen molar-refractivity contribution in [3.05, 3.63) is 22.3 Å². The summed E-state index contributed by atoms with van der Waals surface area (Å²) in [4.78, 5) is 29.1. The fourth-order valence-corrected chi connectivity index (χ4v) is 5.77. The molecule has 0 unspecified atom stereocenters. The number of hydrogen-bond donors (Lipinski definition) is 1. The largest absolute Gasteiger partial charge is 0.452 e. The summed E-state index contributed by atoms with van der Waals surface area (Å²) in [5, 5.41) is 3.22. The Labute approximate surface area is 162 Å². The van der Waals surface area contributed by atoms with Gasteiger partial charge in [-0.05, 0) is 68.8 Å². The third-order valence-electron chi connectivity index (χ3n) is 6.21. The maximum Gasteiger partial charge on any atom is 0.310 e. The van der Waals surface area contributed by atoms with Crippen molar-refractivity contribution in [3.8, 4) is 0 Å². The summed E-state index contributed by atoms with van der Waals surface area (Å²) in [6.45, 7) is 1.58. The number of rotatable bonds is 4. The van der Waals surface area contributed by atoms with Gasteiger partial charge in [0.15, 0.2) is 11.9 Å². The molecule has 1 amide bonds. The maximum atomic E-state index is 12.8. The van der Waals surface area contributed by atoms with E-state index in [1.165, 1.54) is 18.7 Å². The van der Waals surface area contributed by atoms with Crippen molar-refractivity contribution < 1.29 is 14.3 Å². The Balaban J connectivity index is 1.37. The molecule has 0 saturated heterocycles. The highest BCUT2D eigenvalue weighted by Crippen LogP contribution is 2.56. The molecular formula is C19H22Cl2N2O3. The van der Waals surface area contributed by atoms with Crippen LogP contribution in [0.3, 0.4) is 0 Å². The molecule has 4 aliphatic carbocycles. The number of amides is 1. The van der Waals surface area contributed by atoms with E-state index < -0.39 is 12.0 Å². The van der Waals surface area contributed by atoms with E-state index in [4.69, 9.17) is 27.9 Å². The van der Waals surface area contributed by atoms with E-state index in [0.717, 1.165) is 37.5 Å². The number of nitrogens with zero attached hydrogens (tertiary/aromatic N) is 1. The summed E-state index contributed by atoms with van der Waals surface area (Å²) >= 11 is 11.8. The maximum absolute atomic E-state index is 12.8. The zero-order valence-corrected chi connectivity index (χ0v) is 16.1. The van der Waals surface area contributed by atoms with Crippen molar-refractivity contribution in [2.45, 2.75) is 45.1 Å². The van der Waals surface area contributed by atoms with Gasteiger partial charge in [-0.25, -0.2) is 4.98 Å². The molecule has 5 rings (SSSR count). The van der Waals surface area contributed by atoms with Crippen molar-refractivity contribution in [3.63, 3.8) is 0 Å². The molecule has 1 aromatic heterocycles. The van der Waals surface area contributed by atoms with Gasteiger partial charge in [0.25, 0.3) is 5.91 Å². The number of ether oxygens (including phenoxy) is 1. The van der Waals surface area contributed by atoms with Gasteiger partial charge in [0.05, 0.1) is 16.0 Å². The molecule has 1 heterocycles. The molecule has 26 heavy (non-hydrogen) atoms. The van der Waals surface area contributed by atoms with Gasteiger partial charge in [-0.15, -0.1) is 0 Å². The number of halogens is 2. The number of nitrogens with one attached hydrogen (secondary N) is 1. The monoisotopic (exact) mass is 396 g/mol. The minimum Gasteiger partial charge on any atom is -0.452 e. The Bertz CT molecular complexity index is 711. The van der Waals surface area contributed by atoms with Crippen LogP contribution >= 0.6 is 23.2 Å². The first-order chi connectivity index (χ1) is 12.4. The summed E-state index contributed by atoms with van der Waals surface area (Å²) in [5.41, 5.74) is 0. The van der Waals surface area contributed by atoms with Gasteiger partial charge in [-0.1, -0.05) is 23.2 Å². The second-order valence-electron chi connectivity index (χ2n) is 8.01. The van der Waals surface area contributed by atoms with Crippen LogP contribution in [-0.4, -0.2) is 23.0 Å². The molecular weight excluding hydrogens is 375 g/mol. The van der Waals surface area contributed by atoms with Crippen LogP contribution < -0.4 is 5.32 Å². The van der Waals surface area contributed by atoms with Crippen LogP contribution in [0.15, 0.2) is 12.3 Å². The van der Waals surface area contributed by atoms with E-state index in [1.807, 2.05) is 0 Å². The lowest BCUT2D eigenvalue weighted by Crippen LogP contribution is -2.49. The average Bonchev–Trinajstić information content (AvgIpc) is 2.56. The molecule has 4 aliphatic rings. The van der Waals surface area contributed by atoms with Crippen molar-refractivity contribution in [2.75, 3.05) is 5.32 Å². The smallest absolute Gasteiger partial charge is 0.310 e. The number of carbonyl (C=O) groups is 2. The van der Waals surface area contributed by atoms with E-state index in [0.29, 0.717) is 16.9 Å². The first-order valence-corrected chi connectivity index (χ1v) is 9.98. The highest BCUT2D eigenvalue weighted by molar-refractivity contribution is 6.36. The first-order valence-electron chi connectivity index (χ1n) is 9.23. The van der Waals surface area contributed by atoms with Crippen LogP contribution in [0.2, 0.25) is 10.0 Å². The zero-order chi connectivity index (χ0) is 18.4. The lowest BCUT2D eigenvalue weighted by atomic mass is 9.52. The summed E-state index contributed by atoms with van der Waals surface area (Å²) in [6.07, 6.45) is 6.38. The van der Waals surface area contributed by atoms with Crippen molar-refractivity contribution in [1.29, 1.82) is 0 Å². The third kappa shape index (κ3) is 3.44. The minimum absolute atomic E-state index is 0.0460.